The fourth-order valence-electron chi connectivity index (χ4n) is 4.11. The van der Waals surface area contributed by atoms with E-state index in [9.17, 15) is 9.59 Å². The molecule has 0 spiro atoms. The van der Waals surface area contributed by atoms with Crippen LogP contribution in [0.15, 0.2) is 35.4 Å². The first-order chi connectivity index (χ1) is 11.7. The molecule has 134 valence electrons. The van der Waals surface area contributed by atoms with Crippen molar-refractivity contribution in [2.24, 2.45) is 5.41 Å². The Morgan fingerprint density at radius 3 is 2.36 bits per heavy atom. The number of carbonyl (C=O) groups is 2. The number of rotatable bonds is 3. The zero-order valence-electron chi connectivity index (χ0n) is 15.6. The molecular weight excluding hydrogens is 316 g/mol. The number of ether oxygens (including phenoxy) is 2. The van der Waals surface area contributed by atoms with E-state index in [1.807, 2.05) is 45.9 Å². The molecule has 1 aromatic rings. The molecule has 1 aliphatic carbocycles. The van der Waals surface area contributed by atoms with Gasteiger partial charge in [0.1, 0.15) is 24.3 Å². The van der Waals surface area contributed by atoms with Crippen LogP contribution < -0.4 is 0 Å². The first-order valence-electron chi connectivity index (χ1n) is 8.80. The summed E-state index contributed by atoms with van der Waals surface area (Å²) in [5.74, 6) is -0.557. The summed E-state index contributed by atoms with van der Waals surface area (Å²) in [4.78, 5) is 24.1. The van der Waals surface area contributed by atoms with E-state index in [-0.39, 0.29) is 11.9 Å². The predicted molar refractivity (Wildman–Crippen MR) is 95.3 cm³/mol. The maximum Gasteiger partial charge on any atom is 0.164 e. The largest absolute Gasteiger partial charge is 0.340 e. The Morgan fingerprint density at radius 2 is 1.68 bits per heavy atom. The molecule has 1 saturated heterocycles. The molecule has 25 heavy (non-hydrogen) atoms. The Morgan fingerprint density at radius 1 is 1.04 bits per heavy atom. The third kappa shape index (κ3) is 3.09. The van der Waals surface area contributed by atoms with E-state index in [4.69, 9.17) is 9.47 Å². The van der Waals surface area contributed by atoms with Gasteiger partial charge in [0, 0.05) is 17.4 Å². The Labute approximate surface area is 149 Å². The molecule has 4 nitrogen and oxygen atoms in total. The fraction of sp³-hybridized carbons (Fsp3) is 0.524. The van der Waals surface area contributed by atoms with E-state index in [2.05, 4.69) is 6.92 Å². The minimum atomic E-state index is -0.783. The Kier molecular flexibility index (Phi) is 4.46. The molecule has 0 radical (unpaired) electrons. The lowest BCUT2D eigenvalue weighted by Gasteiger charge is -2.37. The van der Waals surface area contributed by atoms with E-state index in [0.29, 0.717) is 12.0 Å². The van der Waals surface area contributed by atoms with Crippen molar-refractivity contribution >= 4 is 12.1 Å². The molecule has 0 N–H and O–H groups in total. The summed E-state index contributed by atoms with van der Waals surface area (Å²) < 4.78 is 12.5. The second-order valence-corrected chi connectivity index (χ2v) is 7.97. The molecule has 1 aromatic carbocycles. The van der Waals surface area contributed by atoms with Gasteiger partial charge >= 0.3 is 0 Å². The van der Waals surface area contributed by atoms with Gasteiger partial charge in [-0.15, -0.1) is 0 Å². The maximum absolute atomic E-state index is 12.6. The molecule has 0 unspecified atom stereocenters. The summed E-state index contributed by atoms with van der Waals surface area (Å²) in [5, 5.41) is 0. The van der Waals surface area contributed by atoms with Crippen LogP contribution in [0.3, 0.4) is 0 Å². The van der Waals surface area contributed by atoms with Crippen molar-refractivity contribution in [3.8, 4) is 0 Å². The molecule has 3 rings (SSSR count). The fourth-order valence-corrected chi connectivity index (χ4v) is 4.11. The van der Waals surface area contributed by atoms with E-state index in [1.54, 1.807) is 6.07 Å². The standard InChI is InChI=1S/C21H26O4/c1-13-10-11-16(23)20(2,3)17(13)19-18(24-21(4,5)25-19)15-9-7-6-8-14(15)12-22/h6-9,12,18-19H,10-11H2,1-5H3/t18-,19+/m1/s1. The van der Waals surface area contributed by atoms with Crippen LogP contribution in [0.4, 0.5) is 0 Å². The number of Topliss-reactive ketones (excluding diaryl/α,β-unsaturated/α-hetero) is 1. The molecule has 0 bridgehead atoms. The Bertz CT molecular complexity index is 742. The van der Waals surface area contributed by atoms with Crippen LogP contribution in [0.2, 0.25) is 0 Å². The van der Waals surface area contributed by atoms with Crippen LogP contribution in [0.25, 0.3) is 0 Å². The molecule has 1 heterocycles. The van der Waals surface area contributed by atoms with Crippen molar-refractivity contribution in [2.75, 3.05) is 0 Å². The number of ketones is 1. The quantitative estimate of drug-likeness (QED) is 0.603. The molecule has 4 heteroatoms. The molecular formula is C21H26O4. The van der Waals surface area contributed by atoms with Crippen molar-refractivity contribution in [2.45, 2.75) is 65.5 Å². The highest BCUT2D eigenvalue weighted by atomic mass is 16.8. The van der Waals surface area contributed by atoms with Gasteiger partial charge in [-0.1, -0.05) is 29.8 Å². The molecule has 1 fully saturated rings. The molecule has 2 atom stereocenters. The van der Waals surface area contributed by atoms with Crippen LogP contribution in [0.5, 0.6) is 0 Å². The zero-order valence-corrected chi connectivity index (χ0v) is 15.6. The van der Waals surface area contributed by atoms with E-state index in [1.165, 1.54) is 5.57 Å². The third-order valence-electron chi connectivity index (χ3n) is 5.37. The van der Waals surface area contributed by atoms with E-state index >= 15 is 0 Å². The van der Waals surface area contributed by atoms with Crippen LogP contribution in [-0.4, -0.2) is 24.0 Å². The molecule has 2 aliphatic rings. The summed E-state index contributed by atoms with van der Waals surface area (Å²) in [6, 6.07) is 7.42. The second kappa shape index (κ2) is 6.19. The number of allylic oxidation sites excluding steroid dienone is 1. The van der Waals surface area contributed by atoms with Crippen molar-refractivity contribution < 1.29 is 19.1 Å². The summed E-state index contributed by atoms with van der Waals surface area (Å²) in [7, 11) is 0. The predicted octanol–water partition coefficient (Wildman–Crippen LogP) is 4.40. The molecule has 0 aromatic heterocycles. The SMILES string of the molecule is CC1=C([C@@H]2OC(C)(C)O[C@@H]2c2ccccc2C=O)C(C)(C)C(=O)CC1. The Balaban J connectivity index is 2.13. The summed E-state index contributed by atoms with van der Waals surface area (Å²) >= 11 is 0. The van der Waals surface area contributed by atoms with Gasteiger partial charge in [0.25, 0.3) is 0 Å². The van der Waals surface area contributed by atoms with Gasteiger partial charge in [0.2, 0.25) is 0 Å². The van der Waals surface area contributed by atoms with E-state index in [0.717, 1.165) is 23.8 Å². The highest BCUT2D eigenvalue weighted by Crippen LogP contribution is 2.50. The van der Waals surface area contributed by atoms with Gasteiger partial charge in [0.15, 0.2) is 5.79 Å². The number of hydrogen-bond acceptors (Lipinski definition) is 4. The molecule has 0 saturated carbocycles. The van der Waals surface area contributed by atoms with Gasteiger partial charge in [-0.05, 0) is 52.2 Å². The van der Waals surface area contributed by atoms with Crippen molar-refractivity contribution in [1.29, 1.82) is 0 Å². The maximum atomic E-state index is 12.6. The normalized spacial score (nSPS) is 28.3. The Hall–Kier alpha value is -1.78. The summed E-state index contributed by atoms with van der Waals surface area (Å²) in [6.07, 6.45) is 1.37. The van der Waals surface area contributed by atoms with Gasteiger partial charge in [-0.25, -0.2) is 0 Å². The minimum Gasteiger partial charge on any atom is -0.340 e. The van der Waals surface area contributed by atoms with Crippen LogP contribution in [0, 0.1) is 5.41 Å². The van der Waals surface area contributed by atoms with Crippen molar-refractivity contribution in [3.05, 3.63) is 46.5 Å². The zero-order chi connectivity index (χ0) is 18.4. The van der Waals surface area contributed by atoms with E-state index < -0.39 is 17.3 Å². The van der Waals surface area contributed by atoms with Gasteiger partial charge < -0.3 is 9.47 Å². The number of benzene rings is 1. The van der Waals surface area contributed by atoms with Crippen LogP contribution in [0.1, 0.15) is 69.5 Å². The second-order valence-electron chi connectivity index (χ2n) is 7.97. The summed E-state index contributed by atoms with van der Waals surface area (Å²) in [6.45, 7) is 9.74. The van der Waals surface area contributed by atoms with Gasteiger partial charge in [-0.2, -0.15) is 0 Å². The molecule has 0 amide bonds. The van der Waals surface area contributed by atoms with Crippen molar-refractivity contribution in [1.82, 2.24) is 0 Å². The first kappa shape index (κ1) is 18.0. The smallest absolute Gasteiger partial charge is 0.164 e. The number of carbonyl (C=O) groups excluding carboxylic acids is 2. The average molecular weight is 342 g/mol. The van der Waals surface area contributed by atoms with Crippen molar-refractivity contribution in [3.63, 3.8) is 0 Å². The number of hydrogen-bond donors (Lipinski definition) is 0. The number of aldehydes is 1. The lowest BCUT2D eigenvalue weighted by Crippen LogP contribution is -2.38. The van der Waals surface area contributed by atoms with Crippen LogP contribution >= 0.6 is 0 Å². The van der Waals surface area contributed by atoms with Crippen LogP contribution in [-0.2, 0) is 14.3 Å². The lowest BCUT2D eigenvalue weighted by molar-refractivity contribution is -0.146. The van der Waals surface area contributed by atoms with Gasteiger partial charge in [-0.3, -0.25) is 9.59 Å². The highest BCUT2D eigenvalue weighted by molar-refractivity contribution is 5.89. The molecule has 1 aliphatic heterocycles. The monoisotopic (exact) mass is 342 g/mol. The lowest BCUT2D eigenvalue weighted by atomic mass is 9.68. The minimum absolute atomic E-state index is 0.226. The average Bonchev–Trinajstić information content (AvgIpc) is 2.86. The van der Waals surface area contributed by atoms with Gasteiger partial charge in [0.05, 0.1) is 0 Å². The topological polar surface area (TPSA) is 52.6 Å². The highest BCUT2D eigenvalue weighted by Gasteiger charge is 2.50. The third-order valence-corrected chi connectivity index (χ3v) is 5.37. The first-order valence-corrected chi connectivity index (χ1v) is 8.80. The summed E-state index contributed by atoms with van der Waals surface area (Å²) in [5.41, 5.74) is 2.99.